The standard InChI is InChI=1S/C39H53ClO4/c1-24-16-21-39(34(42)43)23-22-37(6)28(33(39)25(24)2)13-14-30-36(5)19-18-31(35(3,4)29(36)17-20-38(30,37)7)44-32(41)15-10-26-8-11-27(40)12-9-26/h8-13,15,24-25,29-31,33H,14,16-23H2,1-7H3,(H,42,43)/b15-10+/t24-,25+,29+,30-,31+,33-,36+,37-,38-,39+/m1/s1. The van der Waals surface area contributed by atoms with Crippen molar-refractivity contribution in [2.45, 2.75) is 112 Å². The molecule has 0 unspecified atom stereocenters. The van der Waals surface area contributed by atoms with Crippen molar-refractivity contribution in [1.82, 2.24) is 0 Å². The summed E-state index contributed by atoms with van der Waals surface area (Å²) in [7, 11) is 0. The second-order valence-electron chi connectivity index (χ2n) is 16.8. The van der Waals surface area contributed by atoms with Crippen molar-refractivity contribution in [1.29, 1.82) is 0 Å². The molecule has 0 radical (unpaired) electrons. The van der Waals surface area contributed by atoms with Crippen LogP contribution < -0.4 is 0 Å². The van der Waals surface area contributed by atoms with Crippen molar-refractivity contribution in [2.75, 3.05) is 0 Å². The van der Waals surface area contributed by atoms with E-state index < -0.39 is 11.4 Å². The van der Waals surface area contributed by atoms with Gasteiger partial charge in [0.2, 0.25) is 0 Å². The van der Waals surface area contributed by atoms with Gasteiger partial charge in [0.05, 0.1) is 5.41 Å². The van der Waals surface area contributed by atoms with E-state index in [0.717, 1.165) is 63.4 Å². The Hall–Kier alpha value is -2.07. The first-order valence-electron chi connectivity index (χ1n) is 17.2. The van der Waals surface area contributed by atoms with Crippen molar-refractivity contribution < 1.29 is 19.4 Å². The van der Waals surface area contributed by atoms with Crippen molar-refractivity contribution in [3.8, 4) is 0 Å². The first-order chi connectivity index (χ1) is 20.6. The van der Waals surface area contributed by atoms with E-state index in [4.69, 9.17) is 16.3 Å². The number of aliphatic carboxylic acids is 1. The van der Waals surface area contributed by atoms with E-state index in [9.17, 15) is 14.7 Å². The van der Waals surface area contributed by atoms with E-state index in [1.54, 1.807) is 12.2 Å². The maximum absolute atomic E-state index is 13.0. The number of hydrogen-bond donors (Lipinski definition) is 1. The van der Waals surface area contributed by atoms with E-state index in [1.807, 2.05) is 24.3 Å². The molecule has 1 aromatic carbocycles. The number of hydrogen-bond acceptors (Lipinski definition) is 3. The molecular weight excluding hydrogens is 568 g/mol. The van der Waals surface area contributed by atoms with Gasteiger partial charge >= 0.3 is 11.9 Å². The molecule has 0 heterocycles. The normalized spacial score (nSPS) is 44.4. The van der Waals surface area contributed by atoms with Gasteiger partial charge in [-0.2, -0.15) is 0 Å². The number of carbonyl (C=O) groups is 2. The molecule has 4 fully saturated rings. The number of halogens is 1. The Kier molecular flexibility index (Phi) is 7.79. The van der Waals surface area contributed by atoms with Gasteiger partial charge < -0.3 is 9.84 Å². The van der Waals surface area contributed by atoms with Crippen LogP contribution >= 0.6 is 11.6 Å². The molecule has 6 rings (SSSR count). The van der Waals surface area contributed by atoms with Gasteiger partial charge in [-0.1, -0.05) is 83.8 Å². The minimum atomic E-state index is -0.604. The third-order valence-corrected chi connectivity index (χ3v) is 15.1. The highest BCUT2D eigenvalue weighted by molar-refractivity contribution is 6.30. The van der Waals surface area contributed by atoms with Crippen LogP contribution in [0.2, 0.25) is 5.02 Å². The number of carbonyl (C=O) groups excluding carboxylic acids is 1. The van der Waals surface area contributed by atoms with Crippen LogP contribution in [0.1, 0.15) is 112 Å². The Morgan fingerprint density at radius 1 is 0.909 bits per heavy atom. The lowest BCUT2D eigenvalue weighted by Crippen LogP contribution is -2.65. The molecule has 4 saturated carbocycles. The number of allylic oxidation sites excluding steroid dienone is 2. The topological polar surface area (TPSA) is 63.6 Å². The second kappa shape index (κ2) is 10.7. The first kappa shape index (κ1) is 31.9. The van der Waals surface area contributed by atoms with Crippen molar-refractivity contribution in [3.05, 3.63) is 52.6 Å². The van der Waals surface area contributed by atoms with Gasteiger partial charge in [-0.05, 0) is 127 Å². The number of esters is 1. The number of carboxylic acid groups (broad SMARTS) is 1. The largest absolute Gasteiger partial charge is 0.481 e. The van der Waals surface area contributed by atoms with Gasteiger partial charge in [-0.15, -0.1) is 0 Å². The van der Waals surface area contributed by atoms with E-state index in [1.165, 1.54) is 5.57 Å². The molecule has 1 aromatic rings. The molecule has 10 atom stereocenters. The molecule has 5 heteroatoms. The van der Waals surface area contributed by atoms with Gasteiger partial charge in [0.15, 0.2) is 0 Å². The molecule has 0 spiro atoms. The predicted molar refractivity (Wildman–Crippen MR) is 177 cm³/mol. The third-order valence-electron chi connectivity index (χ3n) is 14.9. The van der Waals surface area contributed by atoms with Crippen LogP contribution in [0.5, 0.6) is 0 Å². The summed E-state index contributed by atoms with van der Waals surface area (Å²) in [6, 6.07) is 7.44. The molecule has 44 heavy (non-hydrogen) atoms. The SMILES string of the molecule is C[C@H]1[C@H](C)CC[C@]2(C(=O)O)CC[C@]3(C)C(=CC[C@@H]4[C@@]5(C)CC[C@H](OC(=O)/C=C/c6ccc(Cl)cc6)C(C)(C)[C@@H]5CC[C@]43C)[C@@H]12. The van der Waals surface area contributed by atoms with Crippen LogP contribution in [0.25, 0.3) is 6.08 Å². The Morgan fingerprint density at radius 2 is 1.61 bits per heavy atom. The fourth-order valence-electron chi connectivity index (χ4n) is 12.0. The van der Waals surface area contributed by atoms with Crippen molar-refractivity contribution in [2.24, 2.45) is 56.7 Å². The van der Waals surface area contributed by atoms with Crippen LogP contribution in [-0.2, 0) is 14.3 Å². The quantitative estimate of drug-likeness (QED) is 0.207. The minimum absolute atomic E-state index is 0.0127. The molecule has 0 bridgehead atoms. The highest BCUT2D eigenvalue weighted by Crippen LogP contribution is 2.75. The average Bonchev–Trinajstić information content (AvgIpc) is 2.96. The van der Waals surface area contributed by atoms with E-state index in [-0.39, 0.29) is 39.7 Å². The summed E-state index contributed by atoms with van der Waals surface area (Å²) < 4.78 is 6.21. The lowest BCUT2D eigenvalue weighted by Gasteiger charge is -2.71. The molecule has 0 saturated heterocycles. The molecule has 240 valence electrons. The summed E-state index contributed by atoms with van der Waals surface area (Å²) in [5.74, 6) is 1.21. The summed E-state index contributed by atoms with van der Waals surface area (Å²) in [6.07, 6.45) is 14.6. The average molecular weight is 621 g/mol. The Morgan fingerprint density at radius 3 is 2.30 bits per heavy atom. The molecule has 0 aliphatic heterocycles. The zero-order valence-electron chi connectivity index (χ0n) is 27.9. The van der Waals surface area contributed by atoms with Crippen LogP contribution in [0.15, 0.2) is 42.0 Å². The molecule has 5 aliphatic rings. The van der Waals surface area contributed by atoms with E-state index in [0.29, 0.717) is 28.7 Å². The summed E-state index contributed by atoms with van der Waals surface area (Å²) in [6.45, 7) is 17.0. The monoisotopic (exact) mass is 620 g/mol. The third kappa shape index (κ3) is 4.50. The Bertz CT molecular complexity index is 1380. The predicted octanol–water partition coefficient (Wildman–Crippen LogP) is 10.0. The first-order valence-corrected chi connectivity index (χ1v) is 17.6. The lowest BCUT2D eigenvalue weighted by molar-refractivity contribution is -0.213. The second-order valence-corrected chi connectivity index (χ2v) is 17.2. The number of ether oxygens (including phenoxy) is 1. The number of carboxylic acids is 1. The Labute approximate surface area is 270 Å². The number of benzene rings is 1. The van der Waals surface area contributed by atoms with Gasteiger partial charge in [0.25, 0.3) is 0 Å². The van der Waals surface area contributed by atoms with Crippen LogP contribution in [0, 0.1) is 56.7 Å². The number of rotatable bonds is 4. The summed E-state index contributed by atoms with van der Waals surface area (Å²) >= 11 is 6.01. The zero-order chi connectivity index (χ0) is 31.9. The summed E-state index contributed by atoms with van der Waals surface area (Å²) in [5.41, 5.74) is 1.94. The fourth-order valence-corrected chi connectivity index (χ4v) is 12.1. The molecule has 0 aromatic heterocycles. The van der Waals surface area contributed by atoms with Crippen LogP contribution in [-0.4, -0.2) is 23.1 Å². The van der Waals surface area contributed by atoms with Crippen LogP contribution in [0.4, 0.5) is 0 Å². The highest BCUT2D eigenvalue weighted by Gasteiger charge is 2.69. The molecule has 5 aliphatic carbocycles. The maximum Gasteiger partial charge on any atom is 0.331 e. The number of fused-ring (bicyclic) bond motifs is 7. The Balaban J connectivity index is 1.27. The summed E-state index contributed by atoms with van der Waals surface area (Å²) in [4.78, 5) is 26.0. The maximum atomic E-state index is 13.0. The molecule has 4 nitrogen and oxygen atoms in total. The van der Waals surface area contributed by atoms with Crippen molar-refractivity contribution >= 4 is 29.6 Å². The van der Waals surface area contributed by atoms with Gasteiger partial charge in [-0.25, -0.2) is 4.79 Å². The fraction of sp³-hybridized carbons (Fsp3) is 0.692. The van der Waals surface area contributed by atoms with E-state index in [2.05, 4.69) is 54.5 Å². The lowest BCUT2D eigenvalue weighted by atomic mass is 9.33. The van der Waals surface area contributed by atoms with Gasteiger partial charge in [-0.3, -0.25) is 4.79 Å². The van der Waals surface area contributed by atoms with Gasteiger partial charge in [0.1, 0.15) is 6.10 Å². The van der Waals surface area contributed by atoms with Crippen molar-refractivity contribution in [3.63, 3.8) is 0 Å². The van der Waals surface area contributed by atoms with Gasteiger partial charge in [0, 0.05) is 16.5 Å². The minimum Gasteiger partial charge on any atom is -0.481 e. The summed E-state index contributed by atoms with van der Waals surface area (Å²) in [5, 5.41) is 11.3. The zero-order valence-corrected chi connectivity index (χ0v) is 28.7. The van der Waals surface area contributed by atoms with Crippen LogP contribution in [0.3, 0.4) is 0 Å². The van der Waals surface area contributed by atoms with E-state index >= 15 is 0 Å². The smallest absolute Gasteiger partial charge is 0.331 e. The molecular formula is C39H53ClO4. The highest BCUT2D eigenvalue weighted by atomic mass is 35.5. The molecule has 1 N–H and O–H groups in total. The molecule has 0 amide bonds.